The molecule has 0 unspecified atom stereocenters. The van der Waals surface area contributed by atoms with Gasteiger partial charge < -0.3 is 4.74 Å². The third kappa shape index (κ3) is 5.55. The molecule has 0 aliphatic carbocycles. The van der Waals surface area contributed by atoms with Crippen LogP contribution in [-0.4, -0.2) is 31.8 Å². The lowest BCUT2D eigenvalue weighted by Crippen LogP contribution is -2.19. The highest BCUT2D eigenvalue weighted by Gasteiger charge is 2.06. The lowest BCUT2D eigenvalue weighted by Gasteiger charge is -2.07. The van der Waals surface area contributed by atoms with Crippen molar-refractivity contribution in [3.63, 3.8) is 0 Å². The Hall–Kier alpha value is -3.60. The van der Waals surface area contributed by atoms with Crippen LogP contribution in [0.2, 0.25) is 0 Å². The van der Waals surface area contributed by atoms with Gasteiger partial charge in [0.15, 0.2) is 0 Å². The summed E-state index contributed by atoms with van der Waals surface area (Å²) in [5, 5.41) is 15.3. The second-order valence-electron chi connectivity index (χ2n) is 6.88. The predicted octanol–water partition coefficient (Wildman–Crippen LogP) is 4.00. The summed E-state index contributed by atoms with van der Waals surface area (Å²) in [6, 6.07) is 22.7. The Kier molecular flexibility index (Phi) is 6.85. The zero-order valence-corrected chi connectivity index (χ0v) is 19.3. The van der Waals surface area contributed by atoms with Crippen LogP contribution in [0.4, 0.5) is 0 Å². The molecule has 1 aromatic heterocycles. The van der Waals surface area contributed by atoms with E-state index in [0.717, 1.165) is 26.1 Å². The number of amides is 1. The molecule has 8 nitrogen and oxygen atoms in total. The van der Waals surface area contributed by atoms with E-state index in [9.17, 15) is 4.79 Å². The monoisotopic (exact) mass is 538 g/mol. The highest BCUT2D eigenvalue weighted by atomic mass is 127. The number of carbonyl (C=O) groups excluding carboxylic acids is 1. The summed E-state index contributed by atoms with van der Waals surface area (Å²) in [5.74, 6) is 0.530. The van der Waals surface area contributed by atoms with E-state index in [1.165, 1.54) is 6.33 Å². The molecule has 0 atom stereocenters. The second kappa shape index (κ2) is 10.1. The van der Waals surface area contributed by atoms with Crippen molar-refractivity contribution >= 4 is 34.2 Å². The van der Waals surface area contributed by atoms with Crippen molar-refractivity contribution in [2.75, 3.05) is 0 Å². The standard InChI is InChI=1S/C23H19IN6O2/c1-16(18-6-10-21(11-7-18)30-15-25-28-29-30)26-27-23(31)19-4-2-17(3-5-19)14-32-22-12-8-20(24)9-13-22/h2-13,15H,14H2,1H3,(H,27,31)/b26-16-. The van der Waals surface area contributed by atoms with Gasteiger partial charge in [0.25, 0.3) is 5.91 Å². The van der Waals surface area contributed by atoms with Gasteiger partial charge in [-0.25, -0.2) is 10.1 Å². The zero-order valence-electron chi connectivity index (χ0n) is 17.1. The van der Waals surface area contributed by atoms with Gasteiger partial charge in [0.05, 0.1) is 11.4 Å². The molecule has 1 N–H and O–H groups in total. The smallest absolute Gasteiger partial charge is 0.271 e. The fourth-order valence-corrected chi connectivity index (χ4v) is 3.21. The summed E-state index contributed by atoms with van der Waals surface area (Å²) in [6.45, 7) is 2.26. The molecule has 32 heavy (non-hydrogen) atoms. The Bertz CT molecular complexity index is 1210. The first-order valence-corrected chi connectivity index (χ1v) is 10.8. The fraction of sp³-hybridized carbons (Fsp3) is 0.0870. The maximum absolute atomic E-state index is 12.4. The van der Waals surface area contributed by atoms with Crippen molar-refractivity contribution in [2.24, 2.45) is 5.10 Å². The summed E-state index contributed by atoms with van der Waals surface area (Å²) in [5.41, 5.74) is 6.50. The molecule has 0 radical (unpaired) electrons. The van der Waals surface area contributed by atoms with Crippen LogP contribution < -0.4 is 10.2 Å². The first kappa shape index (κ1) is 21.6. The molecule has 0 aliphatic heterocycles. The van der Waals surface area contributed by atoms with Gasteiger partial charge in [-0.15, -0.1) is 5.10 Å². The average molecular weight is 538 g/mol. The van der Waals surface area contributed by atoms with Crippen molar-refractivity contribution in [1.29, 1.82) is 0 Å². The molecule has 0 fully saturated rings. The number of hydrogen-bond acceptors (Lipinski definition) is 6. The largest absolute Gasteiger partial charge is 0.489 e. The minimum absolute atomic E-state index is 0.278. The number of nitrogens with one attached hydrogen (secondary N) is 1. The molecule has 0 bridgehead atoms. The molecule has 9 heteroatoms. The SMILES string of the molecule is C/C(=N/NC(=O)c1ccc(COc2ccc(I)cc2)cc1)c1ccc(-n2cnnn2)cc1. The molecule has 0 aliphatic rings. The minimum Gasteiger partial charge on any atom is -0.489 e. The second-order valence-corrected chi connectivity index (χ2v) is 8.12. The number of nitrogens with zero attached hydrogens (tertiary/aromatic N) is 5. The van der Waals surface area contributed by atoms with Gasteiger partial charge in [0.2, 0.25) is 0 Å². The van der Waals surface area contributed by atoms with Crippen LogP contribution in [0, 0.1) is 3.57 Å². The number of ether oxygens (including phenoxy) is 1. The molecule has 3 aromatic carbocycles. The maximum Gasteiger partial charge on any atom is 0.271 e. The molecule has 1 amide bonds. The van der Waals surface area contributed by atoms with Gasteiger partial charge in [0.1, 0.15) is 18.7 Å². The number of halogens is 1. The highest BCUT2D eigenvalue weighted by Crippen LogP contribution is 2.15. The quantitative estimate of drug-likeness (QED) is 0.218. The number of carbonyl (C=O) groups is 1. The number of tetrazole rings is 1. The summed E-state index contributed by atoms with van der Waals surface area (Å²) >= 11 is 2.25. The minimum atomic E-state index is -0.278. The third-order valence-electron chi connectivity index (χ3n) is 4.66. The normalized spacial score (nSPS) is 11.2. The summed E-state index contributed by atoms with van der Waals surface area (Å²) in [7, 11) is 0. The fourth-order valence-electron chi connectivity index (χ4n) is 2.85. The molecule has 4 aromatic rings. The van der Waals surface area contributed by atoms with Crippen molar-refractivity contribution in [2.45, 2.75) is 13.5 Å². The van der Waals surface area contributed by atoms with Crippen LogP contribution in [0.25, 0.3) is 5.69 Å². The number of benzene rings is 3. The number of hydrazone groups is 1. The molecule has 1 heterocycles. The van der Waals surface area contributed by atoms with Crippen molar-refractivity contribution in [3.05, 3.63) is 99.4 Å². The topological polar surface area (TPSA) is 94.3 Å². The van der Waals surface area contributed by atoms with E-state index < -0.39 is 0 Å². The van der Waals surface area contributed by atoms with Crippen LogP contribution in [0.3, 0.4) is 0 Å². The van der Waals surface area contributed by atoms with E-state index in [2.05, 4.69) is 48.6 Å². The number of aromatic nitrogens is 4. The van der Waals surface area contributed by atoms with Gasteiger partial charge in [0, 0.05) is 9.13 Å². The number of hydrogen-bond donors (Lipinski definition) is 1. The Balaban J connectivity index is 1.32. The van der Waals surface area contributed by atoms with E-state index in [-0.39, 0.29) is 5.91 Å². The van der Waals surface area contributed by atoms with Crippen LogP contribution >= 0.6 is 22.6 Å². The van der Waals surface area contributed by atoms with Gasteiger partial charge >= 0.3 is 0 Å². The van der Waals surface area contributed by atoms with Crippen LogP contribution in [0.5, 0.6) is 5.75 Å². The summed E-state index contributed by atoms with van der Waals surface area (Å²) in [4.78, 5) is 12.4. The maximum atomic E-state index is 12.4. The Morgan fingerprint density at radius 1 is 1.00 bits per heavy atom. The van der Waals surface area contributed by atoms with Crippen molar-refractivity contribution < 1.29 is 9.53 Å². The van der Waals surface area contributed by atoms with E-state index in [0.29, 0.717) is 17.9 Å². The zero-order chi connectivity index (χ0) is 22.3. The van der Waals surface area contributed by atoms with Gasteiger partial charge in [-0.1, -0.05) is 24.3 Å². The first-order valence-electron chi connectivity index (χ1n) is 9.74. The predicted molar refractivity (Wildman–Crippen MR) is 129 cm³/mol. The Morgan fingerprint density at radius 2 is 1.69 bits per heavy atom. The van der Waals surface area contributed by atoms with E-state index in [1.807, 2.05) is 67.6 Å². The van der Waals surface area contributed by atoms with E-state index >= 15 is 0 Å². The summed E-state index contributed by atoms with van der Waals surface area (Å²) < 4.78 is 8.49. The Morgan fingerprint density at radius 3 is 2.34 bits per heavy atom. The van der Waals surface area contributed by atoms with Crippen molar-refractivity contribution in [3.8, 4) is 11.4 Å². The lowest BCUT2D eigenvalue weighted by atomic mass is 10.1. The number of rotatable bonds is 7. The molecule has 0 spiro atoms. The Labute approximate surface area is 198 Å². The first-order chi connectivity index (χ1) is 15.6. The van der Waals surface area contributed by atoms with Crippen LogP contribution in [-0.2, 0) is 6.61 Å². The van der Waals surface area contributed by atoms with Gasteiger partial charge in [-0.3, -0.25) is 4.79 Å². The molecule has 0 saturated heterocycles. The molecule has 4 rings (SSSR count). The van der Waals surface area contributed by atoms with Gasteiger partial charge in [-0.05, 0) is 99.6 Å². The summed E-state index contributed by atoms with van der Waals surface area (Å²) in [6.07, 6.45) is 1.52. The average Bonchev–Trinajstić information content (AvgIpc) is 3.37. The lowest BCUT2D eigenvalue weighted by molar-refractivity contribution is 0.0955. The third-order valence-corrected chi connectivity index (χ3v) is 5.38. The van der Waals surface area contributed by atoms with Crippen LogP contribution in [0.1, 0.15) is 28.4 Å². The van der Waals surface area contributed by atoms with Crippen molar-refractivity contribution in [1.82, 2.24) is 25.6 Å². The molecule has 160 valence electrons. The molecular weight excluding hydrogens is 519 g/mol. The van der Waals surface area contributed by atoms with Crippen LogP contribution in [0.15, 0.2) is 84.2 Å². The van der Waals surface area contributed by atoms with E-state index in [1.54, 1.807) is 16.8 Å². The van der Waals surface area contributed by atoms with Gasteiger partial charge in [-0.2, -0.15) is 5.10 Å². The van der Waals surface area contributed by atoms with E-state index in [4.69, 9.17) is 4.74 Å². The molecule has 0 saturated carbocycles. The molecular formula is C23H19IN6O2. The highest BCUT2D eigenvalue weighted by molar-refractivity contribution is 14.1.